The molecule has 0 bridgehead atoms. The second-order valence-corrected chi connectivity index (χ2v) is 6.35. The van der Waals surface area contributed by atoms with E-state index < -0.39 is 0 Å². The van der Waals surface area contributed by atoms with Crippen molar-refractivity contribution in [3.05, 3.63) is 41.9 Å². The van der Waals surface area contributed by atoms with Crippen LogP contribution in [0.2, 0.25) is 0 Å². The predicted octanol–water partition coefficient (Wildman–Crippen LogP) is 3.79. The van der Waals surface area contributed by atoms with Gasteiger partial charge in [-0.15, -0.1) is 0 Å². The van der Waals surface area contributed by atoms with Crippen LogP contribution in [0.1, 0.15) is 48.4 Å². The van der Waals surface area contributed by atoms with E-state index in [4.69, 9.17) is 4.74 Å². The van der Waals surface area contributed by atoms with Crippen LogP contribution < -0.4 is 15.4 Å². The fourth-order valence-electron chi connectivity index (χ4n) is 3.11. The summed E-state index contributed by atoms with van der Waals surface area (Å²) in [5.74, 6) is 1.73. The van der Waals surface area contributed by atoms with E-state index in [0.29, 0.717) is 29.0 Å². The Hall–Kier alpha value is -2.63. The second kappa shape index (κ2) is 7.96. The molecule has 1 fully saturated rings. The van der Waals surface area contributed by atoms with Gasteiger partial charge in [-0.05, 0) is 31.9 Å². The summed E-state index contributed by atoms with van der Waals surface area (Å²) in [6, 6.07) is 9.39. The molecule has 0 unspecified atom stereocenters. The molecule has 0 spiro atoms. The highest BCUT2D eigenvalue weighted by atomic mass is 16.5. The Balaban J connectivity index is 1.73. The van der Waals surface area contributed by atoms with E-state index in [1.807, 2.05) is 18.2 Å². The molecule has 2 N–H and O–H groups in total. The summed E-state index contributed by atoms with van der Waals surface area (Å²) in [6.45, 7) is 1.80. The molecule has 3 rings (SSSR count). The number of methoxy groups -OCH3 is 1. The topological polar surface area (TPSA) is 76.1 Å². The molecule has 6 heteroatoms. The molecule has 0 radical (unpaired) electrons. The minimum Gasteiger partial charge on any atom is -0.497 e. The highest BCUT2D eigenvalue weighted by Gasteiger charge is 2.16. The number of rotatable bonds is 5. The molecule has 2 aromatic rings. The number of anilines is 2. The maximum atomic E-state index is 12.5. The molecule has 1 aliphatic carbocycles. The van der Waals surface area contributed by atoms with E-state index in [0.717, 1.165) is 18.7 Å². The Labute approximate surface area is 148 Å². The Morgan fingerprint density at radius 2 is 1.96 bits per heavy atom. The quantitative estimate of drug-likeness (QED) is 0.866. The van der Waals surface area contributed by atoms with E-state index >= 15 is 0 Å². The van der Waals surface area contributed by atoms with Crippen molar-refractivity contribution in [2.24, 2.45) is 0 Å². The van der Waals surface area contributed by atoms with Gasteiger partial charge in [0.05, 0.1) is 7.11 Å². The van der Waals surface area contributed by atoms with Gasteiger partial charge in [-0.2, -0.15) is 0 Å². The minimum absolute atomic E-state index is 0.259. The molecule has 1 amide bonds. The number of aromatic nitrogens is 2. The number of ether oxygens (including phenoxy) is 1. The van der Waals surface area contributed by atoms with Crippen molar-refractivity contribution in [3.8, 4) is 5.75 Å². The Bertz CT molecular complexity index is 742. The number of nitrogens with one attached hydrogen (secondary N) is 2. The fraction of sp³-hybridized carbons (Fsp3) is 0.421. The lowest BCUT2D eigenvalue weighted by Gasteiger charge is -2.23. The summed E-state index contributed by atoms with van der Waals surface area (Å²) in [5.41, 5.74) is 1.02. The van der Waals surface area contributed by atoms with Crippen molar-refractivity contribution < 1.29 is 9.53 Å². The molecular weight excluding hydrogens is 316 g/mol. The first-order chi connectivity index (χ1) is 12.1. The number of amides is 1. The van der Waals surface area contributed by atoms with Gasteiger partial charge in [-0.1, -0.05) is 25.3 Å². The van der Waals surface area contributed by atoms with E-state index in [1.165, 1.54) is 19.3 Å². The largest absolute Gasteiger partial charge is 0.497 e. The second-order valence-electron chi connectivity index (χ2n) is 6.35. The third kappa shape index (κ3) is 4.68. The smallest absolute Gasteiger partial charge is 0.274 e. The van der Waals surface area contributed by atoms with Crippen LogP contribution in [0, 0.1) is 6.92 Å². The van der Waals surface area contributed by atoms with Crippen molar-refractivity contribution in [3.63, 3.8) is 0 Å². The molecule has 1 aromatic carbocycles. The molecule has 1 aliphatic rings. The van der Waals surface area contributed by atoms with E-state index in [1.54, 1.807) is 26.2 Å². The van der Waals surface area contributed by atoms with Crippen LogP contribution in [0.3, 0.4) is 0 Å². The standard InChI is InChI=1S/C19H24N4O2/c1-13-20-17(12-18(21-13)22-14-7-4-3-5-8-14)19(24)23-15-9-6-10-16(11-15)25-2/h6,9-12,14H,3-5,7-8H2,1-2H3,(H,23,24)(H,20,21,22). The van der Waals surface area contributed by atoms with E-state index in [9.17, 15) is 4.79 Å². The van der Waals surface area contributed by atoms with E-state index in [-0.39, 0.29) is 5.91 Å². The lowest BCUT2D eigenvalue weighted by Crippen LogP contribution is -2.24. The summed E-state index contributed by atoms with van der Waals surface area (Å²) >= 11 is 0. The average Bonchev–Trinajstić information content (AvgIpc) is 2.62. The monoisotopic (exact) mass is 340 g/mol. The summed E-state index contributed by atoms with van der Waals surface area (Å²) in [7, 11) is 1.60. The highest BCUT2D eigenvalue weighted by Crippen LogP contribution is 2.22. The van der Waals surface area contributed by atoms with Crippen LogP contribution in [0.5, 0.6) is 5.75 Å². The lowest BCUT2D eigenvalue weighted by molar-refractivity contribution is 0.102. The highest BCUT2D eigenvalue weighted by molar-refractivity contribution is 6.03. The summed E-state index contributed by atoms with van der Waals surface area (Å²) in [5, 5.41) is 6.30. The maximum Gasteiger partial charge on any atom is 0.274 e. The Morgan fingerprint density at radius 3 is 2.72 bits per heavy atom. The van der Waals surface area contributed by atoms with Crippen molar-refractivity contribution in [2.75, 3.05) is 17.7 Å². The van der Waals surface area contributed by atoms with Gasteiger partial charge in [-0.25, -0.2) is 9.97 Å². The van der Waals surface area contributed by atoms with Crippen LogP contribution >= 0.6 is 0 Å². The Kier molecular flexibility index (Phi) is 5.48. The van der Waals surface area contributed by atoms with Crippen LogP contribution in [-0.2, 0) is 0 Å². The number of carbonyl (C=O) groups excluding carboxylic acids is 1. The third-order valence-electron chi connectivity index (χ3n) is 4.36. The van der Waals surface area contributed by atoms with Crippen molar-refractivity contribution in [1.29, 1.82) is 0 Å². The Morgan fingerprint density at radius 1 is 1.16 bits per heavy atom. The maximum absolute atomic E-state index is 12.5. The number of hydrogen-bond donors (Lipinski definition) is 2. The van der Waals surface area contributed by atoms with Gasteiger partial charge in [0.1, 0.15) is 23.1 Å². The normalized spacial score (nSPS) is 14.8. The molecule has 0 atom stereocenters. The van der Waals surface area contributed by atoms with Crippen molar-refractivity contribution >= 4 is 17.4 Å². The first kappa shape index (κ1) is 17.2. The first-order valence-corrected chi connectivity index (χ1v) is 8.71. The fourth-order valence-corrected chi connectivity index (χ4v) is 3.11. The van der Waals surface area contributed by atoms with Gasteiger partial charge in [0, 0.05) is 23.9 Å². The van der Waals surface area contributed by atoms with Crippen LogP contribution in [-0.4, -0.2) is 29.0 Å². The molecule has 1 aromatic heterocycles. The average molecular weight is 340 g/mol. The molecular formula is C19H24N4O2. The number of aryl methyl sites for hydroxylation is 1. The molecule has 132 valence electrons. The lowest BCUT2D eigenvalue weighted by atomic mass is 9.95. The number of benzene rings is 1. The predicted molar refractivity (Wildman–Crippen MR) is 98.2 cm³/mol. The summed E-state index contributed by atoms with van der Waals surface area (Å²) < 4.78 is 5.18. The zero-order chi connectivity index (χ0) is 17.6. The van der Waals surface area contributed by atoms with Crippen LogP contribution in [0.15, 0.2) is 30.3 Å². The van der Waals surface area contributed by atoms with Crippen LogP contribution in [0.4, 0.5) is 11.5 Å². The van der Waals surface area contributed by atoms with E-state index in [2.05, 4.69) is 20.6 Å². The zero-order valence-corrected chi connectivity index (χ0v) is 14.7. The number of nitrogens with zero attached hydrogens (tertiary/aromatic N) is 2. The third-order valence-corrected chi connectivity index (χ3v) is 4.36. The summed E-state index contributed by atoms with van der Waals surface area (Å²) in [4.78, 5) is 21.2. The van der Waals surface area contributed by atoms with Gasteiger partial charge < -0.3 is 15.4 Å². The molecule has 1 saturated carbocycles. The van der Waals surface area contributed by atoms with Gasteiger partial charge in [-0.3, -0.25) is 4.79 Å². The zero-order valence-electron chi connectivity index (χ0n) is 14.7. The molecule has 1 heterocycles. The molecule has 0 aliphatic heterocycles. The van der Waals surface area contributed by atoms with Crippen molar-refractivity contribution in [2.45, 2.75) is 45.1 Å². The van der Waals surface area contributed by atoms with Crippen LogP contribution in [0.25, 0.3) is 0 Å². The molecule has 0 saturated heterocycles. The minimum atomic E-state index is -0.259. The molecule has 6 nitrogen and oxygen atoms in total. The van der Waals surface area contributed by atoms with Gasteiger partial charge in [0.2, 0.25) is 0 Å². The SMILES string of the molecule is COc1cccc(NC(=O)c2cc(NC3CCCCC3)nc(C)n2)c1. The number of hydrogen-bond acceptors (Lipinski definition) is 5. The van der Waals surface area contributed by atoms with Gasteiger partial charge in [0.15, 0.2) is 0 Å². The van der Waals surface area contributed by atoms with Gasteiger partial charge >= 0.3 is 0 Å². The first-order valence-electron chi connectivity index (χ1n) is 8.71. The van der Waals surface area contributed by atoms with Crippen molar-refractivity contribution in [1.82, 2.24) is 9.97 Å². The number of carbonyl (C=O) groups is 1. The van der Waals surface area contributed by atoms with Gasteiger partial charge in [0.25, 0.3) is 5.91 Å². The molecule has 25 heavy (non-hydrogen) atoms. The summed E-state index contributed by atoms with van der Waals surface area (Å²) in [6.07, 6.45) is 6.08.